The molecule has 1 unspecified atom stereocenters. The van der Waals surface area contributed by atoms with Gasteiger partial charge in [0.25, 0.3) is 5.91 Å². The normalized spacial score (nSPS) is 11.8. The van der Waals surface area contributed by atoms with Crippen LogP contribution in [0, 0.1) is 0 Å². The fraction of sp³-hybridized carbons (Fsp3) is 0.167. The topological polar surface area (TPSA) is 58.1 Å². The number of nitrogens with one attached hydrogen (secondary N) is 1. The van der Waals surface area contributed by atoms with Crippen LogP contribution in [-0.4, -0.2) is 27.8 Å². The van der Waals surface area contributed by atoms with E-state index in [-0.39, 0.29) is 11.9 Å². The van der Waals surface area contributed by atoms with Gasteiger partial charge in [0.05, 0.1) is 6.04 Å². The number of amides is 1. The van der Waals surface area contributed by atoms with Crippen LogP contribution >= 0.6 is 11.3 Å². The first-order valence-electron chi connectivity index (χ1n) is 7.60. The van der Waals surface area contributed by atoms with Crippen molar-refractivity contribution in [2.24, 2.45) is 0 Å². The predicted octanol–water partition coefficient (Wildman–Crippen LogP) is 4.11. The number of carbonyl (C=O) groups excluding carboxylic acids is 1. The van der Waals surface area contributed by atoms with E-state index in [1.54, 1.807) is 34.7 Å². The lowest BCUT2D eigenvalue weighted by Gasteiger charge is -2.24. The predicted molar refractivity (Wildman–Crippen MR) is 96.6 cm³/mol. The minimum absolute atomic E-state index is 0.0199. The maximum Gasteiger partial charge on any atom is 0.254 e. The van der Waals surface area contributed by atoms with E-state index in [4.69, 9.17) is 0 Å². The number of aromatic nitrogens is 2. The number of anilines is 2. The molecule has 2 heterocycles. The molecule has 0 radical (unpaired) electrons. The molecule has 1 atom stereocenters. The van der Waals surface area contributed by atoms with Crippen LogP contribution in [0.1, 0.15) is 28.2 Å². The molecule has 24 heavy (non-hydrogen) atoms. The lowest BCUT2D eigenvalue weighted by atomic mass is 10.1. The summed E-state index contributed by atoms with van der Waals surface area (Å²) < 4.78 is 0. The molecule has 0 saturated carbocycles. The summed E-state index contributed by atoms with van der Waals surface area (Å²) >= 11 is 1.65. The Hall–Kier alpha value is -2.73. The Morgan fingerprint density at radius 3 is 2.67 bits per heavy atom. The van der Waals surface area contributed by atoms with Crippen molar-refractivity contribution in [3.63, 3.8) is 0 Å². The molecule has 0 aliphatic rings. The molecule has 1 N–H and O–H groups in total. The number of benzene rings is 1. The van der Waals surface area contributed by atoms with E-state index in [1.807, 2.05) is 55.7 Å². The highest BCUT2D eigenvalue weighted by Crippen LogP contribution is 2.25. The molecule has 2 aromatic heterocycles. The van der Waals surface area contributed by atoms with Crippen LogP contribution < -0.4 is 5.32 Å². The number of nitrogens with zero attached hydrogens (tertiary/aromatic N) is 3. The van der Waals surface area contributed by atoms with Crippen molar-refractivity contribution in [1.29, 1.82) is 0 Å². The fourth-order valence-corrected chi connectivity index (χ4v) is 3.15. The third-order valence-corrected chi connectivity index (χ3v) is 4.83. The van der Waals surface area contributed by atoms with Gasteiger partial charge in [-0.25, -0.2) is 9.97 Å². The molecular formula is C18H18N4OS. The van der Waals surface area contributed by atoms with Gasteiger partial charge in [0, 0.05) is 35.6 Å². The smallest absolute Gasteiger partial charge is 0.254 e. The summed E-state index contributed by atoms with van der Waals surface area (Å²) in [7, 11) is 1.83. The maximum atomic E-state index is 12.8. The highest BCUT2D eigenvalue weighted by Gasteiger charge is 2.19. The first kappa shape index (κ1) is 16.1. The van der Waals surface area contributed by atoms with E-state index >= 15 is 0 Å². The quantitative estimate of drug-likeness (QED) is 0.760. The van der Waals surface area contributed by atoms with E-state index < -0.39 is 0 Å². The highest BCUT2D eigenvalue weighted by atomic mass is 32.1. The Morgan fingerprint density at radius 2 is 1.96 bits per heavy atom. The average molecular weight is 338 g/mol. The van der Waals surface area contributed by atoms with Crippen molar-refractivity contribution in [3.8, 4) is 0 Å². The van der Waals surface area contributed by atoms with Crippen molar-refractivity contribution in [3.05, 3.63) is 70.7 Å². The number of carbonyl (C=O) groups is 1. The molecule has 5 nitrogen and oxygen atoms in total. The second-order valence-electron chi connectivity index (χ2n) is 5.39. The molecule has 0 bridgehead atoms. The number of hydrogen-bond donors (Lipinski definition) is 1. The van der Waals surface area contributed by atoms with E-state index in [0.29, 0.717) is 11.5 Å². The number of thiophene rings is 1. The minimum Gasteiger partial charge on any atom is -0.334 e. The molecular weight excluding hydrogens is 320 g/mol. The Kier molecular flexibility index (Phi) is 4.86. The molecule has 0 saturated heterocycles. The largest absolute Gasteiger partial charge is 0.334 e. The molecule has 0 aliphatic heterocycles. The van der Waals surface area contributed by atoms with Gasteiger partial charge in [-0.1, -0.05) is 12.1 Å². The summed E-state index contributed by atoms with van der Waals surface area (Å²) in [5.41, 5.74) is 1.41. The summed E-state index contributed by atoms with van der Waals surface area (Å²) in [5.74, 6) is 0.482. The second-order valence-corrected chi connectivity index (χ2v) is 6.36. The standard InChI is InChI=1S/C18H18N4OS/c1-13(16-8-4-11-24-16)22(2)17(23)14-6-3-7-15(12-14)21-18-19-9-5-10-20-18/h3-13H,1-2H3,(H,19,20,21). The van der Waals surface area contributed by atoms with Gasteiger partial charge in [-0.15, -0.1) is 11.3 Å². The van der Waals surface area contributed by atoms with Gasteiger partial charge >= 0.3 is 0 Å². The SMILES string of the molecule is CC(c1cccs1)N(C)C(=O)c1cccc(Nc2ncccn2)c1. The number of rotatable bonds is 5. The summed E-state index contributed by atoms with van der Waals surface area (Å²) in [6.07, 6.45) is 3.33. The Balaban J connectivity index is 1.76. The first-order valence-corrected chi connectivity index (χ1v) is 8.48. The van der Waals surface area contributed by atoms with Crippen LogP contribution in [0.5, 0.6) is 0 Å². The van der Waals surface area contributed by atoms with Gasteiger partial charge in [-0.3, -0.25) is 4.79 Å². The monoisotopic (exact) mass is 338 g/mol. The lowest BCUT2D eigenvalue weighted by molar-refractivity contribution is 0.0745. The molecule has 3 aromatic rings. The Labute approximate surface area is 145 Å². The van der Waals surface area contributed by atoms with Crippen LogP contribution in [0.4, 0.5) is 11.6 Å². The van der Waals surface area contributed by atoms with Crippen LogP contribution in [0.25, 0.3) is 0 Å². The zero-order valence-corrected chi connectivity index (χ0v) is 14.3. The highest BCUT2D eigenvalue weighted by molar-refractivity contribution is 7.10. The second kappa shape index (κ2) is 7.23. The molecule has 6 heteroatoms. The van der Waals surface area contributed by atoms with E-state index in [0.717, 1.165) is 10.6 Å². The van der Waals surface area contributed by atoms with Gasteiger partial charge in [0.15, 0.2) is 0 Å². The van der Waals surface area contributed by atoms with Crippen LogP contribution in [0.2, 0.25) is 0 Å². The number of hydrogen-bond acceptors (Lipinski definition) is 5. The van der Waals surface area contributed by atoms with E-state index in [9.17, 15) is 4.79 Å². The van der Waals surface area contributed by atoms with Crippen molar-refractivity contribution in [1.82, 2.24) is 14.9 Å². The average Bonchev–Trinajstić information content (AvgIpc) is 3.15. The maximum absolute atomic E-state index is 12.8. The van der Waals surface area contributed by atoms with Crippen LogP contribution in [0.3, 0.4) is 0 Å². The summed E-state index contributed by atoms with van der Waals surface area (Å²) in [6.45, 7) is 2.03. The molecule has 1 amide bonds. The molecule has 122 valence electrons. The van der Waals surface area contributed by atoms with Crippen molar-refractivity contribution in [2.45, 2.75) is 13.0 Å². The lowest BCUT2D eigenvalue weighted by Crippen LogP contribution is -2.29. The van der Waals surface area contributed by atoms with E-state index in [2.05, 4.69) is 15.3 Å². The van der Waals surface area contributed by atoms with E-state index in [1.165, 1.54) is 0 Å². The van der Waals surface area contributed by atoms with Crippen molar-refractivity contribution >= 4 is 28.9 Å². The Morgan fingerprint density at radius 1 is 1.17 bits per heavy atom. The van der Waals surface area contributed by atoms with Crippen molar-refractivity contribution in [2.75, 3.05) is 12.4 Å². The van der Waals surface area contributed by atoms with Gasteiger partial charge < -0.3 is 10.2 Å². The minimum atomic E-state index is -0.0199. The van der Waals surface area contributed by atoms with Gasteiger partial charge in [0.1, 0.15) is 0 Å². The summed E-state index contributed by atoms with van der Waals surface area (Å²) in [6, 6.07) is 13.2. The van der Waals surface area contributed by atoms with Crippen molar-refractivity contribution < 1.29 is 4.79 Å². The zero-order valence-electron chi connectivity index (χ0n) is 13.5. The summed E-state index contributed by atoms with van der Waals surface area (Å²) in [4.78, 5) is 23.9. The van der Waals surface area contributed by atoms with Gasteiger partial charge in [0.2, 0.25) is 5.95 Å². The van der Waals surface area contributed by atoms with Crippen LogP contribution in [-0.2, 0) is 0 Å². The third kappa shape index (κ3) is 3.60. The molecule has 0 aliphatic carbocycles. The Bertz CT molecular complexity index is 805. The fourth-order valence-electron chi connectivity index (χ4n) is 2.32. The first-order chi connectivity index (χ1) is 11.6. The van der Waals surface area contributed by atoms with Crippen LogP contribution in [0.15, 0.2) is 60.2 Å². The molecule has 0 fully saturated rings. The molecule has 3 rings (SSSR count). The van der Waals surface area contributed by atoms with Gasteiger partial charge in [-0.2, -0.15) is 0 Å². The summed E-state index contributed by atoms with van der Waals surface area (Å²) in [5, 5.41) is 5.13. The molecule has 1 aromatic carbocycles. The zero-order chi connectivity index (χ0) is 16.9. The van der Waals surface area contributed by atoms with Gasteiger partial charge in [-0.05, 0) is 42.6 Å². The third-order valence-electron chi connectivity index (χ3n) is 3.79. The molecule has 0 spiro atoms.